The minimum absolute atomic E-state index is 0.369. The van der Waals surface area contributed by atoms with E-state index in [1.54, 1.807) is 24.4 Å². The molecule has 0 radical (unpaired) electrons. The molecular weight excluding hydrogens is 230 g/mol. The predicted octanol–water partition coefficient (Wildman–Crippen LogP) is 3.63. The lowest BCUT2D eigenvalue weighted by atomic mass is 10.3. The lowest BCUT2D eigenvalue weighted by Crippen LogP contribution is -1.89. The minimum Gasteiger partial charge on any atom is -0.279 e. The molecule has 0 saturated heterocycles. The lowest BCUT2D eigenvalue weighted by molar-refractivity contribution is 1.35. The summed E-state index contributed by atoms with van der Waals surface area (Å²) in [5.41, 5.74) is 3.53. The fourth-order valence-electron chi connectivity index (χ4n) is 0.720. The zero-order chi connectivity index (χ0) is 9.68. The second kappa shape index (κ2) is 5.32. The molecule has 1 aromatic rings. The van der Waals surface area contributed by atoms with Crippen LogP contribution in [0.5, 0.6) is 0 Å². The van der Waals surface area contributed by atoms with Crippen LogP contribution in [0.3, 0.4) is 0 Å². The summed E-state index contributed by atoms with van der Waals surface area (Å²) in [6.45, 7) is 0. The Labute approximate surface area is 91.5 Å². The van der Waals surface area contributed by atoms with Crippen molar-refractivity contribution in [3.63, 3.8) is 0 Å². The maximum Gasteiger partial charge on any atom is 0.0613 e. The molecule has 2 nitrogen and oxygen atoms in total. The summed E-state index contributed by atoms with van der Waals surface area (Å²) in [4.78, 5) is 0. The average molecular weight is 238 g/mol. The average Bonchev–Trinajstić information content (AvgIpc) is 2.12. The molecule has 0 atom stereocenters. The largest absolute Gasteiger partial charge is 0.279 e. The number of halogens is 3. The van der Waals surface area contributed by atoms with E-state index in [9.17, 15) is 0 Å². The molecule has 0 unspecified atom stereocenters. The molecule has 0 bridgehead atoms. The van der Waals surface area contributed by atoms with Crippen LogP contribution in [0.2, 0.25) is 10.0 Å². The molecule has 1 aromatic carbocycles. The van der Waals surface area contributed by atoms with Gasteiger partial charge in [-0.15, -0.1) is 11.6 Å². The van der Waals surface area contributed by atoms with Crippen molar-refractivity contribution in [1.82, 2.24) is 0 Å². The maximum atomic E-state index is 5.78. The Morgan fingerprint density at radius 3 is 2.69 bits per heavy atom. The zero-order valence-corrected chi connectivity index (χ0v) is 8.87. The summed E-state index contributed by atoms with van der Waals surface area (Å²) in [6.07, 6.45) is 1.55. The summed E-state index contributed by atoms with van der Waals surface area (Å²) >= 11 is 16.9. The van der Waals surface area contributed by atoms with Crippen LogP contribution in [0, 0.1) is 0 Å². The first-order valence-electron chi connectivity index (χ1n) is 3.52. The van der Waals surface area contributed by atoms with Crippen molar-refractivity contribution in [3.05, 3.63) is 28.2 Å². The van der Waals surface area contributed by atoms with Crippen LogP contribution >= 0.6 is 34.8 Å². The van der Waals surface area contributed by atoms with Gasteiger partial charge in [0, 0.05) is 6.21 Å². The number of hydrogen-bond acceptors (Lipinski definition) is 2. The molecule has 0 aliphatic rings. The van der Waals surface area contributed by atoms with E-state index in [2.05, 4.69) is 10.5 Å². The first-order valence-corrected chi connectivity index (χ1v) is 4.81. The van der Waals surface area contributed by atoms with Crippen LogP contribution in [0.1, 0.15) is 0 Å². The number of anilines is 1. The maximum absolute atomic E-state index is 5.78. The van der Waals surface area contributed by atoms with Crippen molar-refractivity contribution in [2.24, 2.45) is 5.10 Å². The highest BCUT2D eigenvalue weighted by molar-refractivity contribution is 6.42. The number of hydrogen-bond donors (Lipinski definition) is 1. The highest BCUT2D eigenvalue weighted by Crippen LogP contribution is 2.24. The van der Waals surface area contributed by atoms with Gasteiger partial charge in [0.05, 0.1) is 21.6 Å². The number of benzene rings is 1. The van der Waals surface area contributed by atoms with E-state index in [0.29, 0.717) is 15.9 Å². The van der Waals surface area contributed by atoms with Crippen molar-refractivity contribution in [2.45, 2.75) is 0 Å². The van der Waals surface area contributed by atoms with E-state index in [1.807, 2.05) is 0 Å². The third-order valence-corrected chi connectivity index (χ3v) is 2.15. The smallest absolute Gasteiger partial charge is 0.0613 e. The number of nitrogens with one attached hydrogen (secondary N) is 1. The van der Waals surface area contributed by atoms with Crippen LogP contribution in [-0.4, -0.2) is 12.1 Å². The molecule has 1 N–H and O–H groups in total. The quantitative estimate of drug-likeness (QED) is 0.484. The van der Waals surface area contributed by atoms with E-state index >= 15 is 0 Å². The van der Waals surface area contributed by atoms with E-state index in [1.165, 1.54) is 0 Å². The Hall–Kier alpha value is -0.440. The first kappa shape index (κ1) is 10.6. The Morgan fingerprint density at radius 2 is 2.08 bits per heavy atom. The van der Waals surface area contributed by atoms with Gasteiger partial charge in [-0.3, -0.25) is 5.43 Å². The van der Waals surface area contributed by atoms with E-state index < -0.39 is 0 Å². The third-order valence-electron chi connectivity index (χ3n) is 1.27. The summed E-state index contributed by atoms with van der Waals surface area (Å²) < 4.78 is 0. The molecule has 13 heavy (non-hydrogen) atoms. The zero-order valence-electron chi connectivity index (χ0n) is 6.60. The molecule has 0 amide bonds. The lowest BCUT2D eigenvalue weighted by Gasteiger charge is -2.00. The normalized spacial score (nSPS) is 10.7. The van der Waals surface area contributed by atoms with E-state index in [0.717, 1.165) is 5.69 Å². The highest BCUT2D eigenvalue weighted by Gasteiger charge is 1.97. The standard InChI is InChI=1S/C8H7Cl3N2/c9-3-4-12-13-6-1-2-7(10)8(11)5-6/h1-2,4-5,13H,3H2. The molecule has 0 aliphatic carbocycles. The minimum atomic E-state index is 0.369. The van der Waals surface area contributed by atoms with Crippen molar-refractivity contribution >= 4 is 46.7 Å². The summed E-state index contributed by atoms with van der Waals surface area (Å²) in [7, 11) is 0. The molecule has 0 aromatic heterocycles. The van der Waals surface area contributed by atoms with Gasteiger partial charge in [-0.2, -0.15) is 5.10 Å². The number of nitrogens with zero attached hydrogens (tertiary/aromatic N) is 1. The fraction of sp³-hybridized carbons (Fsp3) is 0.125. The summed E-state index contributed by atoms with van der Waals surface area (Å²) in [6, 6.07) is 5.16. The van der Waals surface area contributed by atoms with Crippen LogP contribution in [0.4, 0.5) is 5.69 Å². The number of hydrazone groups is 1. The molecule has 0 saturated carbocycles. The molecule has 0 spiro atoms. The Kier molecular flexibility index (Phi) is 4.36. The van der Waals surface area contributed by atoms with Crippen molar-refractivity contribution in [2.75, 3.05) is 11.3 Å². The predicted molar refractivity (Wildman–Crippen MR) is 59.3 cm³/mol. The van der Waals surface area contributed by atoms with Crippen molar-refractivity contribution in [3.8, 4) is 0 Å². The first-order chi connectivity index (χ1) is 6.24. The van der Waals surface area contributed by atoms with Gasteiger partial charge in [-0.25, -0.2) is 0 Å². The van der Waals surface area contributed by atoms with Gasteiger partial charge in [0.1, 0.15) is 0 Å². The van der Waals surface area contributed by atoms with Crippen molar-refractivity contribution in [1.29, 1.82) is 0 Å². The molecule has 5 heteroatoms. The van der Waals surface area contributed by atoms with Crippen LogP contribution in [-0.2, 0) is 0 Å². The monoisotopic (exact) mass is 236 g/mol. The number of alkyl halides is 1. The van der Waals surface area contributed by atoms with Crippen LogP contribution in [0.15, 0.2) is 23.3 Å². The number of rotatable bonds is 3. The van der Waals surface area contributed by atoms with Crippen LogP contribution < -0.4 is 5.43 Å². The van der Waals surface area contributed by atoms with Crippen molar-refractivity contribution < 1.29 is 0 Å². The summed E-state index contributed by atoms with van der Waals surface area (Å²) in [5, 5.41) is 4.84. The Balaban J connectivity index is 2.68. The van der Waals surface area contributed by atoms with Gasteiger partial charge >= 0.3 is 0 Å². The van der Waals surface area contributed by atoms with Gasteiger partial charge < -0.3 is 0 Å². The topological polar surface area (TPSA) is 24.4 Å². The molecule has 1 rings (SSSR count). The SMILES string of the molecule is ClCC=NNc1ccc(Cl)c(Cl)c1. The van der Waals surface area contributed by atoms with Gasteiger partial charge in [0.15, 0.2) is 0 Å². The highest BCUT2D eigenvalue weighted by atomic mass is 35.5. The second-order valence-electron chi connectivity index (χ2n) is 2.21. The molecular formula is C8H7Cl3N2. The van der Waals surface area contributed by atoms with Crippen LogP contribution in [0.25, 0.3) is 0 Å². The molecule has 0 aliphatic heterocycles. The van der Waals surface area contributed by atoms with E-state index in [4.69, 9.17) is 34.8 Å². The van der Waals surface area contributed by atoms with Gasteiger partial charge in [0.25, 0.3) is 0 Å². The second-order valence-corrected chi connectivity index (χ2v) is 3.33. The van der Waals surface area contributed by atoms with Gasteiger partial charge in [-0.1, -0.05) is 23.2 Å². The fourth-order valence-corrected chi connectivity index (χ4v) is 1.09. The molecule has 70 valence electrons. The Bertz CT molecular complexity index is 312. The molecule has 0 fully saturated rings. The van der Waals surface area contributed by atoms with E-state index in [-0.39, 0.29) is 0 Å². The Morgan fingerprint density at radius 1 is 1.31 bits per heavy atom. The summed E-state index contributed by atoms with van der Waals surface area (Å²) in [5.74, 6) is 0.369. The third kappa shape index (κ3) is 3.43. The van der Waals surface area contributed by atoms with Gasteiger partial charge in [0.2, 0.25) is 0 Å². The van der Waals surface area contributed by atoms with Gasteiger partial charge in [-0.05, 0) is 18.2 Å². The molecule has 0 heterocycles.